The first kappa shape index (κ1) is 15.4. The monoisotopic (exact) mass is 323 g/mol. The molecule has 21 heavy (non-hydrogen) atoms. The lowest BCUT2D eigenvalue weighted by Crippen LogP contribution is -2.20. The van der Waals surface area contributed by atoms with Gasteiger partial charge in [0.2, 0.25) is 0 Å². The molecule has 1 amide bonds. The smallest absolute Gasteiger partial charge is 0.349 e. The van der Waals surface area contributed by atoms with E-state index in [0.29, 0.717) is 5.69 Å². The Labute approximate surface area is 129 Å². The van der Waals surface area contributed by atoms with Crippen LogP contribution in [0.4, 0.5) is 5.69 Å². The van der Waals surface area contributed by atoms with Gasteiger partial charge >= 0.3 is 5.97 Å². The zero-order chi connectivity index (χ0) is 15.2. The van der Waals surface area contributed by atoms with Crippen molar-refractivity contribution in [2.75, 3.05) is 18.2 Å². The van der Waals surface area contributed by atoms with Gasteiger partial charge in [-0.2, -0.15) is 0 Å². The summed E-state index contributed by atoms with van der Waals surface area (Å²) in [5.74, 6) is -1.19. The number of para-hydroxylation sites is 1. The Balaban J connectivity index is 1.96. The fraction of sp³-hybridized carbons (Fsp3) is 0.143. The molecular formula is C14H13NO4S2. The van der Waals surface area contributed by atoms with Crippen LogP contribution < -0.4 is 10.1 Å². The normalized spacial score (nSPS) is 10.1. The molecule has 0 fully saturated rings. The fourth-order valence-electron chi connectivity index (χ4n) is 1.64. The van der Waals surface area contributed by atoms with Crippen molar-refractivity contribution in [2.45, 2.75) is 4.90 Å². The summed E-state index contributed by atoms with van der Waals surface area (Å²) in [5, 5.41) is 13.3. The molecule has 1 aromatic carbocycles. The van der Waals surface area contributed by atoms with Gasteiger partial charge < -0.3 is 15.2 Å². The van der Waals surface area contributed by atoms with E-state index >= 15 is 0 Å². The van der Waals surface area contributed by atoms with E-state index in [9.17, 15) is 9.59 Å². The molecule has 2 rings (SSSR count). The second-order valence-corrected chi connectivity index (χ2v) is 5.72. The highest BCUT2D eigenvalue weighted by atomic mass is 32.2. The minimum absolute atomic E-state index is 0.0901. The van der Waals surface area contributed by atoms with Gasteiger partial charge in [0.05, 0.1) is 5.69 Å². The van der Waals surface area contributed by atoms with Crippen molar-refractivity contribution >= 4 is 40.7 Å². The number of carboxylic acid groups (broad SMARTS) is 1. The summed E-state index contributed by atoms with van der Waals surface area (Å²) in [4.78, 5) is 23.8. The van der Waals surface area contributed by atoms with E-state index in [4.69, 9.17) is 9.84 Å². The number of hydrogen-bond acceptors (Lipinski definition) is 5. The summed E-state index contributed by atoms with van der Waals surface area (Å²) in [5.41, 5.74) is 0.711. The highest BCUT2D eigenvalue weighted by Crippen LogP contribution is 2.26. The lowest BCUT2D eigenvalue weighted by Gasteiger charge is -2.10. The molecule has 0 radical (unpaired) electrons. The Bertz CT molecular complexity index is 654. The van der Waals surface area contributed by atoms with Crippen molar-refractivity contribution in [2.24, 2.45) is 0 Å². The molecule has 1 heterocycles. The predicted octanol–water partition coefficient (Wildman–Crippen LogP) is 3.19. The van der Waals surface area contributed by atoms with Crippen molar-refractivity contribution in [1.82, 2.24) is 0 Å². The SMILES string of the molecule is CSc1ccccc1NC(=O)COc1ccsc1C(=O)O. The number of amides is 1. The molecular weight excluding hydrogens is 310 g/mol. The van der Waals surface area contributed by atoms with Crippen LogP contribution in [0, 0.1) is 0 Å². The highest BCUT2D eigenvalue weighted by molar-refractivity contribution is 7.98. The lowest BCUT2D eigenvalue weighted by molar-refractivity contribution is -0.118. The minimum atomic E-state index is -1.06. The number of carbonyl (C=O) groups is 2. The molecule has 0 atom stereocenters. The van der Waals surface area contributed by atoms with E-state index in [1.54, 1.807) is 11.4 Å². The Morgan fingerprint density at radius 3 is 2.81 bits per heavy atom. The first-order valence-corrected chi connectivity index (χ1v) is 8.08. The van der Waals surface area contributed by atoms with E-state index in [-0.39, 0.29) is 23.1 Å². The van der Waals surface area contributed by atoms with Crippen LogP contribution in [-0.2, 0) is 4.79 Å². The van der Waals surface area contributed by atoms with Crippen molar-refractivity contribution in [3.05, 3.63) is 40.6 Å². The second-order valence-electron chi connectivity index (χ2n) is 3.96. The van der Waals surface area contributed by atoms with E-state index in [0.717, 1.165) is 16.2 Å². The van der Waals surface area contributed by atoms with Gasteiger partial charge in [0.1, 0.15) is 5.75 Å². The van der Waals surface area contributed by atoms with Gasteiger partial charge in [-0.3, -0.25) is 4.79 Å². The number of carbonyl (C=O) groups excluding carboxylic acids is 1. The number of thiophene rings is 1. The molecule has 2 N–H and O–H groups in total. The molecule has 0 bridgehead atoms. The first-order chi connectivity index (χ1) is 10.1. The highest BCUT2D eigenvalue weighted by Gasteiger charge is 2.14. The predicted molar refractivity (Wildman–Crippen MR) is 83.6 cm³/mol. The zero-order valence-corrected chi connectivity index (χ0v) is 12.8. The van der Waals surface area contributed by atoms with Crippen LogP contribution in [0.3, 0.4) is 0 Å². The molecule has 5 nitrogen and oxygen atoms in total. The average molecular weight is 323 g/mol. The standard InChI is InChI=1S/C14H13NO4S2/c1-20-11-5-3-2-4-9(11)15-12(16)8-19-10-6-7-21-13(10)14(17)18/h2-7H,8H2,1H3,(H,15,16)(H,17,18). The topological polar surface area (TPSA) is 75.6 Å². The lowest BCUT2D eigenvalue weighted by atomic mass is 10.3. The maximum atomic E-state index is 11.9. The molecule has 0 aliphatic heterocycles. The summed E-state index contributed by atoms with van der Waals surface area (Å²) in [6.45, 7) is -0.236. The summed E-state index contributed by atoms with van der Waals surface area (Å²) in [6.07, 6.45) is 1.92. The molecule has 1 aromatic heterocycles. The molecule has 0 unspecified atom stereocenters. The third kappa shape index (κ3) is 3.99. The third-order valence-corrected chi connectivity index (χ3v) is 4.24. The Hall–Kier alpha value is -1.99. The average Bonchev–Trinajstić information content (AvgIpc) is 2.94. The molecule has 0 aliphatic rings. The number of thioether (sulfide) groups is 1. The van der Waals surface area contributed by atoms with Gasteiger partial charge in [0, 0.05) is 4.90 Å². The van der Waals surface area contributed by atoms with Crippen LogP contribution in [-0.4, -0.2) is 29.8 Å². The Morgan fingerprint density at radius 2 is 2.10 bits per heavy atom. The van der Waals surface area contributed by atoms with E-state index in [1.165, 1.54) is 17.8 Å². The number of rotatable bonds is 6. The minimum Gasteiger partial charge on any atom is -0.482 e. The Morgan fingerprint density at radius 1 is 1.33 bits per heavy atom. The third-order valence-electron chi connectivity index (χ3n) is 2.56. The number of carboxylic acids is 1. The fourth-order valence-corrected chi connectivity index (χ4v) is 2.87. The molecule has 0 saturated carbocycles. The van der Waals surface area contributed by atoms with Gasteiger partial charge in [-0.05, 0) is 29.8 Å². The van der Waals surface area contributed by atoms with Crippen LogP contribution in [0.15, 0.2) is 40.6 Å². The van der Waals surface area contributed by atoms with Crippen molar-refractivity contribution in [3.63, 3.8) is 0 Å². The van der Waals surface area contributed by atoms with Crippen LogP contribution in [0.25, 0.3) is 0 Å². The van der Waals surface area contributed by atoms with E-state index in [2.05, 4.69) is 5.32 Å². The quantitative estimate of drug-likeness (QED) is 0.799. The van der Waals surface area contributed by atoms with Crippen LogP contribution in [0.5, 0.6) is 5.75 Å². The second kappa shape index (κ2) is 7.14. The van der Waals surface area contributed by atoms with Gasteiger partial charge in [-0.15, -0.1) is 23.1 Å². The molecule has 0 saturated heterocycles. The van der Waals surface area contributed by atoms with Crippen molar-refractivity contribution in [1.29, 1.82) is 0 Å². The van der Waals surface area contributed by atoms with E-state index < -0.39 is 5.97 Å². The van der Waals surface area contributed by atoms with E-state index in [1.807, 2.05) is 24.5 Å². The van der Waals surface area contributed by atoms with Gasteiger partial charge in [-0.25, -0.2) is 4.79 Å². The number of nitrogens with one attached hydrogen (secondary N) is 1. The summed E-state index contributed by atoms with van der Waals surface area (Å²) < 4.78 is 5.26. The maximum absolute atomic E-state index is 11.9. The molecule has 0 spiro atoms. The zero-order valence-electron chi connectivity index (χ0n) is 11.2. The molecule has 110 valence electrons. The number of hydrogen-bond donors (Lipinski definition) is 2. The van der Waals surface area contributed by atoms with Gasteiger partial charge in [0.15, 0.2) is 11.5 Å². The summed E-state index contributed by atoms with van der Waals surface area (Å²) in [6, 6.07) is 8.97. The Kier molecular flexibility index (Phi) is 5.24. The summed E-state index contributed by atoms with van der Waals surface area (Å²) in [7, 11) is 0. The summed E-state index contributed by atoms with van der Waals surface area (Å²) >= 11 is 2.59. The number of ether oxygens (including phenoxy) is 1. The number of aromatic carboxylic acids is 1. The molecule has 7 heteroatoms. The van der Waals surface area contributed by atoms with Crippen molar-refractivity contribution in [3.8, 4) is 5.75 Å². The van der Waals surface area contributed by atoms with Crippen LogP contribution in [0.1, 0.15) is 9.67 Å². The number of benzene rings is 1. The van der Waals surface area contributed by atoms with Gasteiger partial charge in [0.25, 0.3) is 5.91 Å². The first-order valence-electron chi connectivity index (χ1n) is 5.98. The van der Waals surface area contributed by atoms with Crippen LogP contribution in [0.2, 0.25) is 0 Å². The van der Waals surface area contributed by atoms with Crippen molar-refractivity contribution < 1.29 is 19.4 Å². The van der Waals surface area contributed by atoms with Gasteiger partial charge in [-0.1, -0.05) is 12.1 Å². The van der Waals surface area contributed by atoms with Crippen LogP contribution >= 0.6 is 23.1 Å². The molecule has 2 aromatic rings. The molecule has 0 aliphatic carbocycles. The maximum Gasteiger partial charge on any atom is 0.349 e. The largest absolute Gasteiger partial charge is 0.482 e. The number of anilines is 1.